The highest BCUT2D eigenvalue weighted by molar-refractivity contribution is 6.42. The van der Waals surface area contributed by atoms with Crippen LogP contribution in [-0.4, -0.2) is 29.2 Å². The van der Waals surface area contributed by atoms with E-state index in [4.69, 9.17) is 28.3 Å². The summed E-state index contributed by atoms with van der Waals surface area (Å²) in [4.78, 5) is 2.44. The van der Waals surface area contributed by atoms with Gasteiger partial charge in [0.15, 0.2) is 0 Å². The minimum Gasteiger partial charge on any atom is -0.396 e. The van der Waals surface area contributed by atoms with Gasteiger partial charge in [-0.3, -0.25) is 4.90 Å². The van der Waals surface area contributed by atoms with Crippen molar-refractivity contribution in [2.45, 2.75) is 38.3 Å². The van der Waals surface area contributed by atoms with Gasteiger partial charge in [-0.15, -0.1) is 0 Å². The van der Waals surface area contributed by atoms with E-state index < -0.39 is 0 Å². The fourth-order valence-corrected chi connectivity index (χ4v) is 2.61. The van der Waals surface area contributed by atoms with Gasteiger partial charge in [-0.2, -0.15) is 0 Å². The van der Waals surface area contributed by atoms with Crippen LogP contribution >= 0.6 is 23.2 Å². The van der Waals surface area contributed by atoms with Gasteiger partial charge in [-0.1, -0.05) is 35.7 Å². The second-order valence-electron chi connectivity index (χ2n) is 4.88. The number of aliphatic hydroxyl groups excluding tert-OH is 1. The van der Waals surface area contributed by atoms with Crippen LogP contribution in [0.1, 0.15) is 31.2 Å². The molecule has 1 aromatic carbocycles. The van der Waals surface area contributed by atoms with E-state index >= 15 is 0 Å². The second kappa shape index (κ2) is 6.76. The van der Waals surface area contributed by atoms with Crippen molar-refractivity contribution in [3.05, 3.63) is 33.8 Å². The molecular weight excluding hydrogens is 269 g/mol. The Labute approximate surface area is 119 Å². The van der Waals surface area contributed by atoms with Crippen LogP contribution in [0.5, 0.6) is 0 Å². The lowest BCUT2D eigenvalue weighted by atomic mass is 9.91. The highest BCUT2D eigenvalue weighted by atomic mass is 35.5. The first-order valence-corrected chi connectivity index (χ1v) is 7.25. The first-order chi connectivity index (χ1) is 8.70. The molecule has 0 aromatic heterocycles. The molecule has 1 fully saturated rings. The largest absolute Gasteiger partial charge is 0.396 e. The quantitative estimate of drug-likeness (QED) is 0.862. The van der Waals surface area contributed by atoms with Gasteiger partial charge in [-0.25, -0.2) is 0 Å². The van der Waals surface area contributed by atoms with Crippen LogP contribution in [0.25, 0.3) is 0 Å². The van der Waals surface area contributed by atoms with Gasteiger partial charge in [0, 0.05) is 25.7 Å². The minimum absolute atomic E-state index is 0.255. The Hall–Kier alpha value is -0.280. The van der Waals surface area contributed by atoms with Crippen molar-refractivity contribution in [3.63, 3.8) is 0 Å². The van der Waals surface area contributed by atoms with Gasteiger partial charge in [0.25, 0.3) is 0 Å². The highest BCUT2D eigenvalue weighted by Crippen LogP contribution is 2.28. The number of hydrogen-bond donors (Lipinski definition) is 1. The van der Waals surface area contributed by atoms with E-state index in [0.29, 0.717) is 16.1 Å². The topological polar surface area (TPSA) is 23.5 Å². The summed E-state index contributed by atoms with van der Waals surface area (Å²) >= 11 is 12.0. The number of halogens is 2. The molecule has 0 unspecified atom stereocenters. The molecule has 1 aliphatic carbocycles. The molecule has 0 spiro atoms. The fraction of sp³-hybridized carbons (Fsp3) is 0.571. The molecule has 0 saturated heterocycles. The van der Waals surface area contributed by atoms with Crippen LogP contribution in [0, 0.1) is 0 Å². The second-order valence-corrected chi connectivity index (χ2v) is 5.70. The van der Waals surface area contributed by atoms with Crippen LogP contribution in [0.4, 0.5) is 0 Å². The lowest BCUT2D eigenvalue weighted by molar-refractivity contribution is 0.109. The van der Waals surface area contributed by atoms with Crippen molar-refractivity contribution < 1.29 is 5.11 Å². The molecule has 2 rings (SSSR count). The summed E-state index contributed by atoms with van der Waals surface area (Å²) in [6, 6.07) is 6.49. The van der Waals surface area contributed by atoms with Crippen LogP contribution in [0.15, 0.2) is 18.2 Å². The van der Waals surface area contributed by atoms with Crippen LogP contribution in [0.3, 0.4) is 0 Å². The van der Waals surface area contributed by atoms with E-state index in [-0.39, 0.29) is 6.61 Å². The molecule has 100 valence electrons. The number of benzene rings is 1. The van der Waals surface area contributed by atoms with Crippen molar-refractivity contribution in [1.82, 2.24) is 4.90 Å². The maximum absolute atomic E-state index is 8.97. The zero-order valence-corrected chi connectivity index (χ0v) is 11.9. The summed E-state index contributed by atoms with van der Waals surface area (Å²) in [6.45, 7) is 2.09. The van der Waals surface area contributed by atoms with Crippen LogP contribution in [0.2, 0.25) is 10.0 Å². The maximum atomic E-state index is 8.97. The van der Waals surface area contributed by atoms with Crippen LogP contribution < -0.4 is 0 Å². The molecule has 4 heteroatoms. The first-order valence-electron chi connectivity index (χ1n) is 6.49. The highest BCUT2D eigenvalue weighted by Gasteiger charge is 2.24. The summed E-state index contributed by atoms with van der Waals surface area (Å²) in [6.07, 6.45) is 4.69. The molecular formula is C14H19Cl2NO. The minimum atomic E-state index is 0.255. The monoisotopic (exact) mass is 287 g/mol. The molecule has 1 N–H and O–H groups in total. The molecule has 0 amide bonds. The third-order valence-electron chi connectivity index (χ3n) is 3.56. The Morgan fingerprint density at radius 1 is 1.22 bits per heavy atom. The molecule has 2 nitrogen and oxygen atoms in total. The number of hydrogen-bond acceptors (Lipinski definition) is 2. The normalized spacial score (nSPS) is 16.0. The summed E-state index contributed by atoms with van der Waals surface area (Å²) in [5, 5.41) is 10.2. The maximum Gasteiger partial charge on any atom is 0.0595 e. The third-order valence-corrected chi connectivity index (χ3v) is 4.30. The first kappa shape index (κ1) is 14.1. The van der Waals surface area contributed by atoms with Crippen LogP contribution in [-0.2, 0) is 6.54 Å². The molecule has 0 radical (unpaired) electrons. The standard InChI is InChI=1S/C14H19Cl2NO/c15-13-6-5-11(9-14(13)16)10-17(7-2-8-18)12-3-1-4-12/h5-6,9,12,18H,1-4,7-8,10H2. The van der Waals surface area contributed by atoms with E-state index in [1.165, 1.54) is 24.8 Å². The van der Waals surface area contributed by atoms with Crippen molar-refractivity contribution >= 4 is 23.2 Å². The molecule has 0 bridgehead atoms. The molecule has 1 aromatic rings. The Kier molecular flexibility index (Phi) is 5.31. The lowest BCUT2D eigenvalue weighted by Gasteiger charge is -2.37. The van der Waals surface area contributed by atoms with E-state index in [1.54, 1.807) is 0 Å². The smallest absolute Gasteiger partial charge is 0.0595 e. The van der Waals surface area contributed by atoms with Gasteiger partial charge in [0.05, 0.1) is 10.0 Å². The zero-order chi connectivity index (χ0) is 13.0. The Bertz CT molecular complexity index is 393. The lowest BCUT2D eigenvalue weighted by Crippen LogP contribution is -2.40. The Morgan fingerprint density at radius 3 is 2.56 bits per heavy atom. The predicted octanol–water partition coefficient (Wildman–Crippen LogP) is 3.73. The molecule has 0 aliphatic heterocycles. The summed E-state index contributed by atoms with van der Waals surface area (Å²) < 4.78 is 0. The average Bonchev–Trinajstić information content (AvgIpc) is 2.28. The SMILES string of the molecule is OCCCN(Cc1ccc(Cl)c(Cl)c1)C1CCC1. The van der Waals surface area contributed by atoms with E-state index in [1.807, 2.05) is 18.2 Å². The van der Waals surface area contributed by atoms with E-state index in [2.05, 4.69) is 4.90 Å². The van der Waals surface area contributed by atoms with Gasteiger partial charge in [-0.05, 0) is 37.0 Å². The summed E-state index contributed by atoms with van der Waals surface area (Å²) in [7, 11) is 0. The fourth-order valence-electron chi connectivity index (χ4n) is 2.29. The van der Waals surface area contributed by atoms with Gasteiger partial charge in [0.1, 0.15) is 0 Å². The Balaban J connectivity index is 1.99. The van der Waals surface area contributed by atoms with Gasteiger partial charge in [0.2, 0.25) is 0 Å². The van der Waals surface area contributed by atoms with Crippen molar-refractivity contribution in [1.29, 1.82) is 0 Å². The third kappa shape index (κ3) is 3.61. The van der Waals surface area contributed by atoms with Gasteiger partial charge < -0.3 is 5.11 Å². The molecule has 0 heterocycles. The number of nitrogens with zero attached hydrogens (tertiary/aromatic N) is 1. The number of aliphatic hydroxyl groups is 1. The predicted molar refractivity (Wildman–Crippen MR) is 76.2 cm³/mol. The average molecular weight is 288 g/mol. The van der Waals surface area contributed by atoms with Crippen molar-refractivity contribution in [2.75, 3.05) is 13.2 Å². The molecule has 18 heavy (non-hydrogen) atoms. The zero-order valence-electron chi connectivity index (χ0n) is 10.4. The molecule has 0 atom stereocenters. The Morgan fingerprint density at radius 2 is 2.00 bits per heavy atom. The molecule has 1 aliphatic rings. The number of rotatable bonds is 6. The van der Waals surface area contributed by atoms with E-state index in [9.17, 15) is 0 Å². The van der Waals surface area contributed by atoms with E-state index in [0.717, 1.165) is 19.5 Å². The summed E-state index contributed by atoms with van der Waals surface area (Å²) in [5.74, 6) is 0. The summed E-state index contributed by atoms with van der Waals surface area (Å²) in [5.41, 5.74) is 1.19. The molecule has 1 saturated carbocycles. The van der Waals surface area contributed by atoms with Crippen molar-refractivity contribution in [2.24, 2.45) is 0 Å². The van der Waals surface area contributed by atoms with Gasteiger partial charge >= 0.3 is 0 Å². The van der Waals surface area contributed by atoms with Crippen molar-refractivity contribution in [3.8, 4) is 0 Å².